The molecule has 152 valence electrons. The molecular formula is C25H17Cl2N3O. The number of aromatic nitrogens is 3. The van der Waals surface area contributed by atoms with E-state index in [1.807, 2.05) is 89.6 Å². The van der Waals surface area contributed by atoms with E-state index >= 15 is 0 Å². The number of rotatable bonds is 4. The Morgan fingerprint density at radius 1 is 0.774 bits per heavy atom. The largest absolute Gasteiger partial charge is 0.497 e. The third-order valence-corrected chi connectivity index (χ3v) is 5.61. The van der Waals surface area contributed by atoms with Gasteiger partial charge in [0.1, 0.15) is 5.75 Å². The van der Waals surface area contributed by atoms with E-state index in [1.165, 1.54) is 0 Å². The average molecular weight is 446 g/mol. The van der Waals surface area contributed by atoms with Gasteiger partial charge in [0, 0.05) is 39.1 Å². The maximum Gasteiger partial charge on any atom is 0.234 e. The Hall–Kier alpha value is -3.34. The van der Waals surface area contributed by atoms with Gasteiger partial charge in [0.05, 0.1) is 18.5 Å². The molecule has 5 aromatic rings. The van der Waals surface area contributed by atoms with Crippen LogP contribution in [-0.2, 0) is 0 Å². The number of benzene rings is 3. The van der Waals surface area contributed by atoms with Gasteiger partial charge in [-0.3, -0.25) is 4.40 Å². The second-order valence-electron chi connectivity index (χ2n) is 7.07. The fraction of sp³-hybridized carbons (Fsp3) is 0.0400. The SMILES string of the molecule is COc1ccc(-c2c(-c3ccc(Cl)cc3)nc3ncc(-c4cccc(Cl)c4)cn23)cc1. The topological polar surface area (TPSA) is 39.4 Å². The predicted molar refractivity (Wildman–Crippen MR) is 126 cm³/mol. The number of halogens is 2. The van der Waals surface area contributed by atoms with Gasteiger partial charge in [-0.1, -0.05) is 47.5 Å². The Labute approximate surface area is 189 Å². The maximum atomic E-state index is 6.20. The minimum atomic E-state index is 0.613. The number of nitrogens with zero attached hydrogens (tertiary/aromatic N) is 3. The fourth-order valence-electron chi connectivity index (χ4n) is 3.58. The molecule has 6 heteroatoms. The first-order valence-electron chi connectivity index (χ1n) is 9.67. The number of ether oxygens (including phenoxy) is 1. The third kappa shape index (κ3) is 3.76. The third-order valence-electron chi connectivity index (χ3n) is 5.12. The zero-order valence-electron chi connectivity index (χ0n) is 16.6. The molecule has 0 saturated heterocycles. The van der Waals surface area contributed by atoms with Gasteiger partial charge in [-0.25, -0.2) is 9.97 Å². The normalized spacial score (nSPS) is 11.1. The monoisotopic (exact) mass is 445 g/mol. The van der Waals surface area contributed by atoms with Crippen LogP contribution in [0.5, 0.6) is 5.75 Å². The Morgan fingerprint density at radius 3 is 2.23 bits per heavy atom. The summed E-state index contributed by atoms with van der Waals surface area (Å²) in [5, 5.41) is 1.36. The summed E-state index contributed by atoms with van der Waals surface area (Å²) in [6, 6.07) is 23.3. The maximum absolute atomic E-state index is 6.20. The lowest BCUT2D eigenvalue weighted by Crippen LogP contribution is -1.94. The van der Waals surface area contributed by atoms with Crippen LogP contribution in [0, 0.1) is 0 Å². The molecule has 2 heterocycles. The van der Waals surface area contributed by atoms with Crippen molar-refractivity contribution in [2.24, 2.45) is 0 Å². The zero-order valence-corrected chi connectivity index (χ0v) is 18.1. The highest BCUT2D eigenvalue weighted by Gasteiger charge is 2.18. The minimum Gasteiger partial charge on any atom is -0.497 e. The van der Waals surface area contributed by atoms with Crippen molar-refractivity contribution in [2.75, 3.05) is 7.11 Å². The lowest BCUT2D eigenvalue weighted by atomic mass is 10.0. The molecule has 0 aliphatic heterocycles. The summed E-state index contributed by atoms with van der Waals surface area (Å²) < 4.78 is 7.34. The van der Waals surface area contributed by atoms with Crippen molar-refractivity contribution < 1.29 is 4.74 Å². The second-order valence-corrected chi connectivity index (χ2v) is 7.94. The Balaban J connectivity index is 1.76. The first-order valence-corrected chi connectivity index (χ1v) is 10.4. The van der Waals surface area contributed by atoms with Crippen LogP contribution in [0.1, 0.15) is 0 Å². The summed E-state index contributed by atoms with van der Waals surface area (Å²) in [5.74, 6) is 1.41. The van der Waals surface area contributed by atoms with Crippen LogP contribution < -0.4 is 4.74 Å². The first-order chi connectivity index (χ1) is 15.1. The molecule has 5 rings (SSSR count). The van der Waals surface area contributed by atoms with E-state index in [2.05, 4.69) is 4.98 Å². The summed E-state index contributed by atoms with van der Waals surface area (Å²) in [7, 11) is 1.66. The average Bonchev–Trinajstić information content (AvgIpc) is 3.18. The van der Waals surface area contributed by atoms with Crippen molar-refractivity contribution >= 4 is 29.0 Å². The number of fused-ring (bicyclic) bond motifs is 1. The summed E-state index contributed by atoms with van der Waals surface area (Å²) >= 11 is 12.3. The van der Waals surface area contributed by atoms with Crippen molar-refractivity contribution in [3.05, 3.63) is 95.2 Å². The molecule has 31 heavy (non-hydrogen) atoms. The van der Waals surface area contributed by atoms with Crippen molar-refractivity contribution in [3.8, 4) is 39.4 Å². The number of hydrogen-bond donors (Lipinski definition) is 0. The van der Waals surface area contributed by atoms with Crippen LogP contribution in [0.2, 0.25) is 10.0 Å². The van der Waals surface area contributed by atoms with Crippen molar-refractivity contribution in [1.29, 1.82) is 0 Å². The summed E-state index contributed by atoms with van der Waals surface area (Å²) in [4.78, 5) is 9.46. The number of hydrogen-bond acceptors (Lipinski definition) is 3. The Morgan fingerprint density at radius 2 is 1.52 bits per heavy atom. The zero-order chi connectivity index (χ0) is 21.4. The van der Waals surface area contributed by atoms with Crippen LogP contribution in [0.4, 0.5) is 0 Å². The van der Waals surface area contributed by atoms with Crippen molar-refractivity contribution in [3.63, 3.8) is 0 Å². The van der Waals surface area contributed by atoms with Crippen LogP contribution >= 0.6 is 23.2 Å². The van der Waals surface area contributed by atoms with E-state index < -0.39 is 0 Å². The van der Waals surface area contributed by atoms with Crippen molar-refractivity contribution in [1.82, 2.24) is 14.4 Å². The number of imidazole rings is 1. The molecular weight excluding hydrogens is 429 g/mol. The molecule has 0 bridgehead atoms. The molecule has 0 N–H and O–H groups in total. The molecule has 0 aliphatic carbocycles. The molecule has 0 spiro atoms. The summed E-state index contributed by atoms with van der Waals surface area (Å²) in [6.45, 7) is 0. The molecule has 0 unspecified atom stereocenters. The first kappa shape index (κ1) is 19.6. The van der Waals surface area contributed by atoms with E-state index in [0.717, 1.165) is 39.4 Å². The van der Waals surface area contributed by atoms with Gasteiger partial charge in [0.2, 0.25) is 5.78 Å². The highest BCUT2D eigenvalue weighted by Crippen LogP contribution is 2.35. The molecule has 0 saturated carbocycles. The Bertz CT molecular complexity index is 1380. The molecule has 0 aliphatic rings. The van der Waals surface area contributed by atoms with Gasteiger partial charge in [-0.15, -0.1) is 0 Å². The van der Waals surface area contributed by atoms with Crippen LogP contribution in [0.25, 0.3) is 39.4 Å². The molecule has 2 aromatic heterocycles. The minimum absolute atomic E-state index is 0.613. The molecule has 0 fully saturated rings. The van der Waals surface area contributed by atoms with E-state index in [9.17, 15) is 0 Å². The molecule has 0 amide bonds. The smallest absolute Gasteiger partial charge is 0.234 e. The second kappa shape index (κ2) is 8.06. The van der Waals surface area contributed by atoms with Gasteiger partial charge < -0.3 is 4.74 Å². The van der Waals surface area contributed by atoms with Gasteiger partial charge in [0.15, 0.2) is 0 Å². The summed E-state index contributed by atoms with van der Waals surface area (Å²) in [5.41, 5.74) is 5.68. The standard InChI is InChI=1S/C25H17Cl2N3O/c1-31-22-11-7-17(8-12-22)24-23(16-5-9-20(26)10-6-16)29-25-28-14-19(15-30(24)25)18-3-2-4-21(27)13-18/h2-15H,1H3. The Kier molecular flexibility index (Phi) is 5.10. The van der Waals surface area contributed by atoms with E-state index in [-0.39, 0.29) is 0 Å². The van der Waals surface area contributed by atoms with Crippen LogP contribution in [-0.4, -0.2) is 21.5 Å². The van der Waals surface area contributed by atoms with Gasteiger partial charge in [0.25, 0.3) is 0 Å². The van der Waals surface area contributed by atoms with Gasteiger partial charge >= 0.3 is 0 Å². The van der Waals surface area contributed by atoms with Gasteiger partial charge in [-0.05, 0) is 54.1 Å². The highest BCUT2D eigenvalue weighted by molar-refractivity contribution is 6.31. The highest BCUT2D eigenvalue weighted by atomic mass is 35.5. The van der Waals surface area contributed by atoms with E-state index in [4.69, 9.17) is 32.9 Å². The molecule has 3 aromatic carbocycles. The molecule has 4 nitrogen and oxygen atoms in total. The van der Waals surface area contributed by atoms with E-state index in [1.54, 1.807) is 7.11 Å². The lowest BCUT2D eigenvalue weighted by Gasteiger charge is -2.08. The van der Waals surface area contributed by atoms with Crippen LogP contribution in [0.3, 0.4) is 0 Å². The lowest BCUT2D eigenvalue weighted by molar-refractivity contribution is 0.415. The summed E-state index contributed by atoms with van der Waals surface area (Å²) in [6.07, 6.45) is 3.86. The predicted octanol–water partition coefficient (Wildman–Crippen LogP) is 7.05. The van der Waals surface area contributed by atoms with E-state index in [0.29, 0.717) is 15.8 Å². The molecule has 0 atom stereocenters. The number of methoxy groups -OCH3 is 1. The molecule has 0 radical (unpaired) electrons. The quantitative estimate of drug-likeness (QED) is 0.297. The van der Waals surface area contributed by atoms with Gasteiger partial charge in [-0.2, -0.15) is 0 Å². The van der Waals surface area contributed by atoms with Crippen molar-refractivity contribution in [2.45, 2.75) is 0 Å². The van der Waals surface area contributed by atoms with Crippen LogP contribution in [0.15, 0.2) is 85.2 Å². The fourth-order valence-corrected chi connectivity index (χ4v) is 3.90.